The predicted molar refractivity (Wildman–Crippen MR) is 37.9 cm³/mol. The van der Waals surface area contributed by atoms with E-state index in [0.717, 1.165) is 10.9 Å². The average Bonchev–Trinajstić information content (AvgIpc) is 2.18. The molecule has 0 aliphatic heterocycles. The summed E-state index contributed by atoms with van der Waals surface area (Å²) in [4.78, 5) is 0. The van der Waals surface area contributed by atoms with Crippen LogP contribution in [0.1, 0.15) is 5.56 Å². The number of nitrogens with zero attached hydrogens (tertiary/aromatic N) is 1. The molecule has 0 aliphatic carbocycles. The van der Waals surface area contributed by atoms with Crippen LogP contribution in [0, 0.1) is 0 Å². The van der Waals surface area contributed by atoms with Crippen molar-refractivity contribution in [3.8, 4) is 0 Å². The first-order valence-electron chi connectivity index (χ1n) is 2.66. The van der Waals surface area contributed by atoms with Crippen LogP contribution in [0.3, 0.4) is 0 Å². The molecular weight excluding hydrogens is 175 g/mol. The molecule has 0 fully saturated rings. The summed E-state index contributed by atoms with van der Waals surface area (Å²) in [6, 6.07) is 0. The van der Waals surface area contributed by atoms with Gasteiger partial charge in [-0.2, -0.15) is 0 Å². The van der Waals surface area contributed by atoms with E-state index in [1.165, 1.54) is 5.56 Å². The molecule has 1 aromatic rings. The van der Waals surface area contributed by atoms with Crippen LogP contribution in [0.25, 0.3) is 0 Å². The van der Waals surface area contributed by atoms with Gasteiger partial charge in [-0.15, -0.1) is 0 Å². The number of hydrogen-bond acceptors (Lipinski definition) is 1. The average molecular weight is 182 g/mol. The topological polar surface area (TPSA) is 28.7 Å². The summed E-state index contributed by atoms with van der Waals surface area (Å²) in [5.41, 5.74) is 1.20. The standard InChI is InChI=1S/C6H7AsN2/c1-2-3-5-4-8-9-6(5)7/h2,4H,1,3H2,(H,8,9). The quantitative estimate of drug-likeness (QED) is 0.503. The minimum atomic E-state index is 0.889. The zero-order chi connectivity index (χ0) is 6.69. The van der Waals surface area contributed by atoms with Crippen LogP contribution in [-0.2, 0) is 6.42 Å². The summed E-state index contributed by atoms with van der Waals surface area (Å²) < 4.78 is 1.07. The summed E-state index contributed by atoms with van der Waals surface area (Å²) in [7, 11) is 0. The van der Waals surface area contributed by atoms with E-state index in [0.29, 0.717) is 0 Å². The Hall–Kier alpha value is -0.492. The van der Waals surface area contributed by atoms with E-state index in [4.69, 9.17) is 0 Å². The summed E-state index contributed by atoms with van der Waals surface area (Å²) in [5.74, 6) is 0. The van der Waals surface area contributed by atoms with Crippen molar-refractivity contribution < 1.29 is 0 Å². The predicted octanol–water partition coefficient (Wildman–Crippen LogP) is -0.0680. The van der Waals surface area contributed by atoms with Crippen molar-refractivity contribution in [1.82, 2.24) is 10.2 Å². The third kappa shape index (κ3) is 1.46. The first-order chi connectivity index (χ1) is 4.34. The maximum absolute atomic E-state index is 3.85. The molecule has 0 unspecified atom stereocenters. The second-order valence-corrected chi connectivity index (χ2v) is 2.67. The summed E-state index contributed by atoms with van der Waals surface area (Å²) in [6.45, 7) is 3.63. The molecule has 1 aromatic heterocycles. The van der Waals surface area contributed by atoms with Crippen LogP contribution in [0.4, 0.5) is 0 Å². The van der Waals surface area contributed by atoms with E-state index < -0.39 is 0 Å². The second kappa shape index (κ2) is 2.88. The maximum atomic E-state index is 3.85. The number of H-pyrrole nitrogens is 1. The Morgan fingerprint density at radius 3 is 3.11 bits per heavy atom. The first-order valence-corrected chi connectivity index (χ1v) is 3.60. The Labute approximate surface area is 62.9 Å². The molecule has 0 spiro atoms. The fraction of sp³-hybridized carbons (Fsp3) is 0.167. The number of nitrogens with one attached hydrogen (secondary N) is 1. The van der Waals surface area contributed by atoms with Gasteiger partial charge in [0.05, 0.1) is 0 Å². The molecule has 9 heavy (non-hydrogen) atoms. The Bertz CT molecular complexity index is 205. The number of aromatic amines is 1. The van der Waals surface area contributed by atoms with E-state index in [2.05, 4.69) is 33.6 Å². The van der Waals surface area contributed by atoms with Crippen molar-refractivity contribution >= 4 is 21.3 Å². The Morgan fingerprint density at radius 2 is 2.67 bits per heavy atom. The molecule has 0 atom stereocenters. The van der Waals surface area contributed by atoms with Gasteiger partial charge in [-0.05, 0) is 0 Å². The van der Waals surface area contributed by atoms with Crippen molar-refractivity contribution in [3.05, 3.63) is 24.4 Å². The van der Waals surface area contributed by atoms with Crippen molar-refractivity contribution in [2.75, 3.05) is 0 Å². The van der Waals surface area contributed by atoms with E-state index in [-0.39, 0.29) is 0 Å². The van der Waals surface area contributed by atoms with Gasteiger partial charge in [0.15, 0.2) is 0 Å². The van der Waals surface area contributed by atoms with Crippen LogP contribution in [-0.4, -0.2) is 27.1 Å². The van der Waals surface area contributed by atoms with Crippen molar-refractivity contribution in [1.29, 1.82) is 0 Å². The Kier molecular flexibility index (Phi) is 2.12. The number of allylic oxidation sites excluding steroid dienone is 1. The number of hydrogen-bond donors (Lipinski definition) is 1. The monoisotopic (exact) mass is 182 g/mol. The zero-order valence-corrected chi connectivity index (χ0v) is 6.84. The third-order valence-corrected chi connectivity index (χ3v) is 1.87. The normalized spacial score (nSPS) is 9.44. The van der Waals surface area contributed by atoms with Crippen molar-refractivity contribution in [3.63, 3.8) is 0 Å². The Morgan fingerprint density at radius 1 is 1.89 bits per heavy atom. The number of rotatable bonds is 2. The summed E-state index contributed by atoms with van der Waals surface area (Å²) in [5, 5.41) is 6.68. The molecule has 3 heteroatoms. The van der Waals surface area contributed by atoms with Gasteiger partial charge >= 0.3 is 62.4 Å². The SMILES string of the molecule is C=CCc1cn[nH]c1[As]. The van der Waals surface area contributed by atoms with Gasteiger partial charge in [0, 0.05) is 0 Å². The molecule has 0 amide bonds. The molecule has 1 heterocycles. The third-order valence-electron chi connectivity index (χ3n) is 1.06. The molecule has 46 valence electrons. The van der Waals surface area contributed by atoms with Crippen LogP contribution in [0.2, 0.25) is 0 Å². The molecule has 1 rings (SSSR count). The second-order valence-electron chi connectivity index (χ2n) is 1.74. The van der Waals surface area contributed by atoms with Gasteiger partial charge in [-0.25, -0.2) is 0 Å². The molecule has 2 nitrogen and oxygen atoms in total. The fourth-order valence-electron chi connectivity index (χ4n) is 0.609. The summed E-state index contributed by atoms with van der Waals surface area (Å²) in [6.07, 6.45) is 4.57. The van der Waals surface area contributed by atoms with Crippen LogP contribution >= 0.6 is 0 Å². The first kappa shape index (κ1) is 6.63. The summed E-state index contributed by atoms with van der Waals surface area (Å²) >= 11 is 2.44. The van der Waals surface area contributed by atoms with E-state index in [1.54, 1.807) is 0 Å². The van der Waals surface area contributed by atoms with Gasteiger partial charge in [0.1, 0.15) is 0 Å². The molecule has 0 aromatic carbocycles. The number of aromatic nitrogens is 2. The zero-order valence-electron chi connectivity index (χ0n) is 4.96. The van der Waals surface area contributed by atoms with E-state index >= 15 is 0 Å². The van der Waals surface area contributed by atoms with Gasteiger partial charge in [0.2, 0.25) is 0 Å². The van der Waals surface area contributed by atoms with Crippen LogP contribution < -0.4 is 4.48 Å². The molecule has 0 saturated heterocycles. The van der Waals surface area contributed by atoms with Gasteiger partial charge in [-0.3, -0.25) is 0 Å². The molecule has 1 N–H and O–H groups in total. The van der Waals surface area contributed by atoms with Gasteiger partial charge < -0.3 is 0 Å². The van der Waals surface area contributed by atoms with E-state index in [9.17, 15) is 0 Å². The van der Waals surface area contributed by atoms with Crippen LogP contribution in [0.15, 0.2) is 18.9 Å². The van der Waals surface area contributed by atoms with Crippen molar-refractivity contribution in [2.45, 2.75) is 6.42 Å². The molecule has 0 aliphatic rings. The minimum absolute atomic E-state index is 0.889. The van der Waals surface area contributed by atoms with E-state index in [1.807, 2.05) is 12.3 Å². The van der Waals surface area contributed by atoms with Gasteiger partial charge in [-0.1, -0.05) is 0 Å². The van der Waals surface area contributed by atoms with Crippen molar-refractivity contribution in [2.24, 2.45) is 0 Å². The molecule has 0 bridgehead atoms. The van der Waals surface area contributed by atoms with Crippen LogP contribution in [0.5, 0.6) is 0 Å². The molecular formula is C6H7AsN2. The molecule has 2 radical (unpaired) electrons. The molecule has 0 saturated carbocycles. The fourth-order valence-corrected chi connectivity index (χ4v) is 1.04. The van der Waals surface area contributed by atoms with Gasteiger partial charge in [0.25, 0.3) is 0 Å². The Balaban J connectivity index is 2.80.